The fourth-order valence-corrected chi connectivity index (χ4v) is 5.11. The number of thioether (sulfide) groups is 3. The zero-order valence-corrected chi connectivity index (χ0v) is 19.5. The standard InChI is InChI=1S/C20H22N6O2S3/c1-14-15(13-25-9-8-22-20(25)29-2)4-3-5-16(14)30-10-11-31-17(21)6-7-18-23-12-19(24-18)26(27)28/h3-9,12,21H,10-11,13H2,1-2H3,(H,23,24)/b7-6-,21-17?. The van der Waals surface area contributed by atoms with Crippen molar-refractivity contribution in [3.8, 4) is 0 Å². The van der Waals surface area contributed by atoms with E-state index in [9.17, 15) is 10.1 Å². The van der Waals surface area contributed by atoms with E-state index >= 15 is 0 Å². The number of imidazole rings is 2. The normalized spacial score (nSPS) is 11.3. The molecular formula is C20H22N6O2S3. The summed E-state index contributed by atoms with van der Waals surface area (Å²) >= 11 is 4.85. The second-order valence-corrected chi connectivity index (χ2v) is 9.43. The first-order valence-corrected chi connectivity index (χ1v) is 12.5. The summed E-state index contributed by atoms with van der Waals surface area (Å²) in [5.74, 6) is 1.86. The zero-order valence-electron chi connectivity index (χ0n) is 17.1. The molecule has 0 fully saturated rings. The summed E-state index contributed by atoms with van der Waals surface area (Å²) in [7, 11) is 0. The van der Waals surface area contributed by atoms with Crippen LogP contribution >= 0.6 is 35.3 Å². The number of nitro groups is 1. The van der Waals surface area contributed by atoms with Crippen LogP contribution in [-0.2, 0) is 6.54 Å². The molecule has 0 spiro atoms. The maximum Gasteiger partial charge on any atom is 0.340 e. The van der Waals surface area contributed by atoms with Crippen molar-refractivity contribution in [1.29, 1.82) is 5.41 Å². The molecular weight excluding hydrogens is 452 g/mol. The molecule has 0 amide bonds. The lowest BCUT2D eigenvalue weighted by atomic mass is 10.1. The Morgan fingerprint density at radius 3 is 2.94 bits per heavy atom. The van der Waals surface area contributed by atoms with Crippen LogP contribution < -0.4 is 0 Å². The summed E-state index contributed by atoms with van der Waals surface area (Å²) in [6, 6.07) is 6.37. The van der Waals surface area contributed by atoms with Crippen LogP contribution in [0.25, 0.3) is 6.08 Å². The van der Waals surface area contributed by atoms with E-state index in [0.29, 0.717) is 10.9 Å². The van der Waals surface area contributed by atoms with Crippen molar-refractivity contribution in [3.05, 3.63) is 69.9 Å². The zero-order chi connectivity index (χ0) is 22.2. The monoisotopic (exact) mass is 474 g/mol. The van der Waals surface area contributed by atoms with Gasteiger partial charge in [-0.3, -0.25) is 5.41 Å². The van der Waals surface area contributed by atoms with E-state index < -0.39 is 4.92 Å². The lowest BCUT2D eigenvalue weighted by molar-refractivity contribution is -0.389. The van der Waals surface area contributed by atoms with Gasteiger partial charge in [0.1, 0.15) is 6.20 Å². The van der Waals surface area contributed by atoms with Crippen molar-refractivity contribution in [2.24, 2.45) is 0 Å². The summed E-state index contributed by atoms with van der Waals surface area (Å²) in [6.45, 7) is 2.94. The molecule has 0 atom stereocenters. The topological polar surface area (TPSA) is 113 Å². The maximum atomic E-state index is 10.7. The maximum absolute atomic E-state index is 10.7. The van der Waals surface area contributed by atoms with Gasteiger partial charge in [-0.25, -0.2) is 15.0 Å². The highest BCUT2D eigenvalue weighted by Gasteiger charge is 2.09. The van der Waals surface area contributed by atoms with Gasteiger partial charge >= 0.3 is 5.82 Å². The number of rotatable bonds is 10. The van der Waals surface area contributed by atoms with Crippen LogP contribution in [0.2, 0.25) is 0 Å². The molecule has 0 radical (unpaired) electrons. The lowest BCUT2D eigenvalue weighted by Gasteiger charge is -2.12. The Bertz CT molecular complexity index is 1090. The van der Waals surface area contributed by atoms with Crippen LogP contribution in [0, 0.1) is 22.4 Å². The Hall–Kier alpha value is -2.50. The first kappa shape index (κ1) is 23.2. The predicted molar refractivity (Wildman–Crippen MR) is 129 cm³/mol. The van der Waals surface area contributed by atoms with Crippen LogP contribution in [0.15, 0.2) is 52.9 Å². The Morgan fingerprint density at radius 1 is 1.35 bits per heavy atom. The lowest BCUT2D eigenvalue weighted by Crippen LogP contribution is -2.02. The second kappa shape index (κ2) is 11.2. The molecule has 11 heteroatoms. The summed E-state index contributed by atoms with van der Waals surface area (Å²) in [5, 5.41) is 20.1. The first-order valence-electron chi connectivity index (χ1n) is 9.33. The van der Waals surface area contributed by atoms with Crippen molar-refractivity contribution in [1.82, 2.24) is 19.5 Å². The van der Waals surface area contributed by atoms with Gasteiger partial charge in [0.15, 0.2) is 5.16 Å². The summed E-state index contributed by atoms with van der Waals surface area (Å²) in [6.07, 6.45) is 10.2. The van der Waals surface area contributed by atoms with Crippen LogP contribution in [0.4, 0.5) is 5.82 Å². The number of nitrogens with one attached hydrogen (secondary N) is 2. The minimum Gasteiger partial charge on any atom is -0.358 e. The highest BCUT2D eigenvalue weighted by Crippen LogP contribution is 2.27. The van der Waals surface area contributed by atoms with Crippen molar-refractivity contribution >= 4 is 52.2 Å². The molecule has 3 aromatic rings. The van der Waals surface area contributed by atoms with Gasteiger partial charge < -0.3 is 14.7 Å². The quantitative estimate of drug-likeness (QED) is 0.105. The fraction of sp³-hybridized carbons (Fsp3) is 0.250. The largest absolute Gasteiger partial charge is 0.358 e. The van der Waals surface area contributed by atoms with E-state index in [0.717, 1.165) is 29.4 Å². The van der Waals surface area contributed by atoms with E-state index in [1.165, 1.54) is 27.8 Å². The van der Waals surface area contributed by atoms with Gasteiger partial charge in [0.25, 0.3) is 0 Å². The number of hydrogen-bond acceptors (Lipinski definition) is 8. The minimum atomic E-state index is -0.532. The van der Waals surface area contributed by atoms with E-state index in [2.05, 4.69) is 44.6 Å². The summed E-state index contributed by atoms with van der Waals surface area (Å²) in [5.41, 5.74) is 2.54. The highest BCUT2D eigenvalue weighted by atomic mass is 32.2. The molecule has 0 aliphatic heterocycles. The van der Waals surface area contributed by atoms with Crippen molar-refractivity contribution < 1.29 is 4.92 Å². The molecule has 0 saturated heterocycles. The molecule has 0 saturated carbocycles. The van der Waals surface area contributed by atoms with Gasteiger partial charge in [0.2, 0.25) is 5.82 Å². The Balaban J connectivity index is 1.48. The average molecular weight is 475 g/mol. The van der Waals surface area contributed by atoms with Crippen molar-refractivity contribution in [2.75, 3.05) is 17.8 Å². The SMILES string of the molecule is CSc1nccn1Cc1cccc(SCCSC(=N)/C=C\c2ncc([N+](=O)[O-])[nH]2)c1C. The molecule has 1 aromatic carbocycles. The van der Waals surface area contributed by atoms with E-state index in [1.807, 2.05) is 18.6 Å². The van der Waals surface area contributed by atoms with E-state index in [1.54, 1.807) is 35.7 Å². The predicted octanol–water partition coefficient (Wildman–Crippen LogP) is 5.11. The molecule has 3 rings (SSSR count). The van der Waals surface area contributed by atoms with Crippen molar-refractivity contribution in [2.45, 2.75) is 23.5 Å². The van der Waals surface area contributed by atoms with E-state index in [4.69, 9.17) is 5.41 Å². The number of benzene rings is 1. The molecule has 0 unspecified atom stereocenters. The minimum absolute atomic E-state index is 0.162. The average Bonchev–Trinajstić information content (AvgIpc) is 3.41. The highest BCUT2D eigenvalue weighted by molar-refractivity contribution is 8.14. The Labute approximate surface area is 193 Å². The molecule has 162 valence electrons. The Kier molecular flexibility index (Phi) is 8.38. The third-order valence-corrected chi connectivity index (χ3v) is 7.35. The third-order valence-electron chi connectivity index (χ3n) is 4.37. The smallest absolute Gasteiger partial charge is 0.340 e. The number of aromatic nitrogens is 4. The van der Waals surface area contributed by atoms with Crippen molar-refractivity contribution in [3.63, 3.8) is 0 Å². The van der Waals surface area contributed by atoms with Crippen LogP contribution in [-0.4, -0.2) is 47.2 Å². The molecule has 2 aromatic heterocycles. The second-order valence-electron chi connectivity index (χ2n) is 6.39. The molecule has 2 N–H and O–H groups in total. The van der Waals surface area contributed by atoms with Crippen LogP contribution in [0.3, 0.4) is 0 Å². The molecule has 0 aliphatic rings. The summed E-state index contributed by atoms with van der Waals surface area (Å²) < 4.78 is 2.15. The Morgan fingerprint density at radius 2 is 2.19 bits per heavy atom. The fourth-order valence-electron chi connectivity index (χ4n) is 2.79. The molecule has 2 heterocycles. The number of H-pyrrole nitrogens is 1. The van der Waals surface area contributed by atoms with E-state index in [-0.39, 0.29) is 5.82 Å². The molecule has 0 aliphatic carbocycles. The van der Waals surface area contributed by atoms with Gasteiger partial charge in [-0.15, -0.1) is 23.5 Å². The number of nitrogens with zero attached hydrogens (tertiary/aromatic N) is 4. The van der Waals surface area contributed by atoms with Gasteiger partial charge in [-0.2, -0.15) is 0 Å². The molecule has 8 nitrogen and oxygen atoms in total. The van der Waals surface area contributed by atoms with Gasteiger partial charge in [-0.1, -0.05) is 23.9 Å². The first-order chi connectivity index (χ1) is 15.0. The van der Waals surface area contributed by atoms with Crippen LogP contribution in [0.1, 0.15) is 17.0 Å². The third kappa shape index (κ3) is 6.49. The van der Waals surface area contributed by atoms with Gasteiger partial charge in [0, 0.05) is 41.4 Å². The van der Waals surface area contributed by atoms with Gasteiger partial charge in [-0.05, 0) is 41.4 Å². The van der Waals surface area contributed by atoms with Crippen LogP contribution in [0.5, 0.6) is 0 Å². The number of hydrogen-bond donors (Lipinski definition) is 2. The molecule has 0 bridgehead atoms. The van der Waals surface area contributed by atoms with Gasteiger partial charge in [0.05, 0.1) is 5.04 Å². The summed E-state index contributed by atoms with van der Waals surface area (Å²) in [4.78, 5) is 22.2. The number of aromatic amines is 1. The molecule has 31 heavy (non-hydrogen) atoms.